The van der Waals surface area contributed by atoms with Gasteiger partial charge >= 0.3 is 0 Å². The van der Waals surface area contributed by atoms with Gasteiger partial charge in [0, 0.05) is 9.90 Å². The van der Waals surface area contributed by atoms with Gasteiger partial charge in [0.1, 0.15) is 5.75 Å². The molecular weight excluding hydrogens is 331 g/mol. The van der Waals surface area contributed by atoms with E-state index >= 15 is 0 Å². The number of aryl methyl sites for hydroxylation is 1. The number of ether oxygens (including phenoxy) is 1. The third-order valence-corrected chi connectivity index (χ3v) is 3.87. The van der Waals surface area contributed by atoms with Gasteiger partial charge in [-0.3, -0.25) is 4.79 Å². The Morgan fingerprint density at radius 2 is 2.19 bits per heavy atom. The maximum Gasteiger partial charge on any atom is 0.277 e. The van der Waals surface area contributed by atoms with Gasteiger partial charge in [0.2, 0.25) is 0 Å². The zero-order valence-electron chi connectivity index (χ0n) is 11.1. The van der Waals surface area contributed by atoms with E-state index in [2.05, 4.69) is 10.5 Å². The number of hydrogen-bond acceptors (Lipinski definition) is 4. The van der Waals surface area contributed by atoms with Crippen LogP contribution in [0.1, 0.15) is 10.4 Å². The number of carbonyl (C=O) groups excluding carboxylic acids is 1. The molecule has 0 unspecified atom stereocenters. The molecule has 0 spiro atoms. The number of nitrogens with one attached hydrogen (secondary N) is 1. The summed E-state index contributed by atoms with van der Waals surface area (Å²) >= 11 is 13.0. The van der Waals surface area contributed by atoms with E-state index in [9.17, 15) is 4.79 Å². The van der Waals surface area contributed by atoms with Gasteiger partial charge in [-0.05, 0) is 42.8 Å². The van der Waals surface area contributed by atoms with Gasteiger partial charge in [0.05, 0.1) is 10.6 Å². The first kappa shape index (κ1) is 15.8. The van der Waals surface area contributed by atoms with Gasteiger partial charge in [-0.1, -0.05) is 23.2 Å². The van der Waals surface area contributed by atoms with Crippen LogP contribution < -0.4 is 10.2 Å². The van der Waals surface area contributed by atoms with E-state index in [0.717, 1.165) is 10.4 Å². The van der Waals surface area contributed by atoms with E-state index in [1.165, 1.54) is 17.6 Å². The molecule has 2 rings (SSSR count). The highest BCUT2D eigenvalue weighted by Crippen LogP contribution is 2.21. The summed E-state index contributed by atoms with van der Waals surface area (Å²) in [6, 6.07) is 8.79. The quantitative estimate of drug-likeness (QED) is 0.661. The van der Waals surface area contributed by atoms with E-state index in [1.54, 1.807) is 24.3 Å². The van der Waals surface area contributed by atoms with E-state index in [0.29, 0.717) is 15.1 Å². The molecule has 0 aliphatic carbocycles. The predicted octanol–water partition coefficient (Wildman–Crippen LogP) is 3.89. The minimum absolute atomic E-state index is 0.120. The molecule has 4 nitrogen and oxygen atoms in total. The first-order valence-electron chi connectivity index (χ1n) is 6.01. The van der Waals surface area contributed by atoms with Crippen molar-refractivity contribution in [2.45, 2.75) is 6.92 Å². The second-order valence-electron chi connectivity index (χ2n) is 4.13. The van der Waals surface area contributed by atoms with E-state index in [1.807, 2.05) is 13.0 Å². The molecule has 1 amide bonds. The molecule has 1 aromatic heterocycles. The molecular formula is C14H12Cl2N2O2S. The van der Waals surface area contributed by atoms with Gasteiger partial charge < -0.3 is 4.74 Å². The van der Waals surface area contributed by atoms with Crippen molar-refractivity contribution in [1.29, 1.82) is 0 Å². The Labute approximate surface area is 136 Å². The van der Waals surface area contributed by atoms with Gasteiger partial charge in [-0.15, -0.1) is 11.3 Å². The number of amides is 1. The fourth-order valence-corrected chi connectivity index (χ4v) is 2.68. The van der Waals surface area contributed by atoms with Gasteiger partial charge in [-0.2, -0.15) is 5.10 Å². The molecule has 1 aromatic carbocycles. The van der Waals surface area contributed by atoms with Crippen LogP contribution in [0.5, 0.6) is 5.75 Å². The number of thiophene rings is 1. The summed E-state index contributed by atoms with van der Waals surface area (Å²) in [6.45, 7) is 1.74. The Bertz CT molecular complexity index is 671. The third kappa shape index (κ3) is 5.04. The average Bonchev–Trinajstić information content (AvgIpc) is 2.83. The summed E-state index contributed by atoms with van der Waals surface area (Å²) in [6.07, 6.45) is 1.53. The van der Waals surface area contributed by atoms with Crippen molar-refractivity contribution < 1.29 is 9.53 Å². The standard InChI is InChI=1S/C14H12Cl2N2O2S/c1-9-6-10(15)2-4-12(9)20-8-14(19)18-17-7-11-3-5-13(16)21-11/h2-7H,8H2,1H3,(H,18,19)/b17-7+. The van der Waals surface area contributed by atoms with Crippen LogP contribution in [0, 0.1) is 6.92 Å². The lowest BCUT2D eigenvalue weighted by atomic mass is 10.2. The predicted molar refractivity (Wildman–Crippen MR) is 86.7 cm³/mol. The molecule has 110 valence electrons. The van der Waals surface area contributed by atoms with E-state index in [-0.39, 0.29) is 12.5 Å². The van der Waals surface area contributed by atoms with Crippen LogP contribution in [-0.2, 0) is 4.79 Å². The SMILES string of the molecule is Cc1cc(Cl)ccc1OCC(=O)N/N=C/c1ccc(Cl)s1. The number of rotatable bonds is 5. The van der Waals surface area contributed by atoms with Crippen molar-refractivity contribution in [3.05, 3.63) is 50.1 Å². The zero-order valence-corrected chi connectivity index (χ0v) is 13.4. The number of hydrogen-bond donors (Lipinski definition) is 1. The lowest BCUT2D eigenvalue weighted by Gasteiger charge is -2.08. The average molecular weight is 343 g/mol. The van der Waals surface area contributed by atoms with E-state index in [4.69, 9.17) is 27.9 Å². The molecule has 0 bridgehead atoms. The van der Waals surface area contributed by atoms with Crippen LogP contribution in [0.2, 0.25) is 9.36 Å². The smallest absolute Gasteiger partial charge is 0.277 e. The van der Waals surface area contributed by atoms with E-state index < -0.39 is 0 Å². The zero-order chi connectivity index (χ0) is 15.2. The molecule has 0 radical (unpaired) electrons. The largest absolute Gasteiger partial charge is 0.483 e. The Kier molecular flexibility index (Phi) is 5.61. The van der Waals surface area contributed by atoms with Crippen molar-refractivity contribution in [2.24, 2.45) is 5.10 Å². The molecule has 0 atom stereocenters. The van der Waals surface area contributed by atoms with Crippen LogP contribution in [0.4, 0.5) is 0 Å². The summed E-state index contributed by atoms with van der Waals surface area (Å²) in [4.78, 5) is 12.4. The molecule has 0 saturated carbocycles. The van der Waals surface area contributed by atoms with Crippen LogP contribution in [-0.4, -0.2) is 18.7 Å². The maximum absolute atomic E-state index is 11.6. The monoisotopic (exact) mass is 342 g/mol. The highest BCUT2D eigenvalue weighted by Gasteiger charge is 2.04. The summed E-state index contributed by atoms with van der Waals surface area (Å²) in [5.41, 5.74) is 3.25. The molecule has 7 heteroatoms. The fraction of sp³-hybridized carbons (Fsp3) is 0.143. The normalized spacial score (nSPS) is 10.8. The maximum atomic E-state index is 11.6. The number of hydrazone groups is 1. The lowest BCUT2D eigenvalue weighted by Crippen LogP contribution is -2.24. The topological polar surface area (TPSA) is 50.7 Å². The summed E-state index contributed by atoms with van der Waals surface area (Å²) < 4.78 is 6.07. The first-order valence-corrected chi connectivity index (χ1v) is 7.58. The molecule has 0 aliphatic rings. The van der Waals surface area contributed by atoms with Crippen LogP contribution in [0.15, 0.2) is 35.4 Å². The number of halogens is 2. The summed E-state index contributed by atoms with van der Waals surface area (Å²) in [5, 5.41) is 4.46. The lowest BCUT2D eigenvalue weighted by molar-refractivity contribution is -0.123. The fourth-order valence-electron chi connectivity index (χ4n) is 1.52. The molecule has 0 aliphatic heterocycles. The van der Waals surface area contributed by atoms with Crippen molar-refractivity contribution in [3.63, 3.8) is 0 Å². The van der Waals surface area contributed by atoms with Crippen LogP contribution in [0.3, 0.4) is 0 Å². The van der Waals surface area contributed by atoms with Gasteiger partial charge in [0.15, 0.2) is 6.61 Å². The number of nitrogens with zero attached hydrogens (tertiary/aromatic N) is 1. The molecule has 1 N–H and O–H groups in total. The van der Waals surface area contributed by atoms with Crippen LogP contribution in [0.25, 0.3) is 0 Å². The molecule has 21 heavy (non-hydrogen) atoms. The second-order valence-corrected chi connectivity index (χ2v) is 6.32. The minimum atomic E-state index is -0.344. The number of carbonyl (C=O) groups is 1. The first-order chi connectivity index (χ1) is 10.0. The highest BCUT2D eigenvalue weighted by molar-refractivity contribution is 7.17. The van der Waals surface area contributed by atoms with Gasteiger partial charge in [-0.25, -0.2) is 5.43 Å². The Balaban J connectivity index is 1.81. The Morgan fingerprint density at radius 1 is 1.38 bits per heavy atom. The summed E-state index contributed by atoms with van der Waals surface area (Å²) in [5.74, 6) is 0.270. The minimum Gasteiger partial charge on any atom is -0.483 e. The van der Waals surface area contributed by atoms with Crippen molar-refractivity contribution in [2.75, 3.05) is 6.61 Å². The molecule has 0 saturated heterocycles. The van der Waals surface area contributed by atoms with Gasteiger partial charge in [0.25, 0.3) is 5.91 Å². The molecule has 2 aromatic rings. The number of benzene rings is 1. The third-order valence-electron chi connectivity index (χ3n) is 2.47. The molecule has 1 heterocycles. The highest BCUT2D eigenvalue weighted by atomic mass is 35.5. The van der Waals surface area contributed by atoms with Crippen molar-refractivity contribution in [1.82, 2.24) is 5.43 Å². The molecule has 0 fully saturated rings. The van der Waals surface area contributed by atoms with Crippen molar-refractivity contribution in [3.8, 4) is 5.75 Å². The second kappa shape index (κ2) is 7.45. The Hall–Kier alpha value is -1.56. The van der Waals surface area contributed by atoms with Crippen LogP contribution >= 0.6 is 34.5 Å². The van der Waals surface area contributed by atoms with Crippen molar-refractivity contribution >= 4 is 46.7 Å². The summed E-state index contributed by atoms with van der Waals surface area (Å²) in [7, 11) is 0. The Morgan fingerprint density at radius 3 is 2.86 bits per heavy atom.